The van der Waals surface area contributed by atoms with E-state index in [4.69, 9.17) is 4.74 Å². The Morgan fingerprint density at radius 1 is 1.75 bits per heavy atom. The molecule has 12 heavy (non-hydrogen) atoms. The number of pyridine rings is 1. The fourth-order valence-corrected chi connectivity index (χ4v) is 1.15. The molecule has 0 saturated heterocycles. The number of ether oxygens (including phenoxy) is 1. The molecule has 0 saturated carbocycles. The lowest BCUT2D eigenvalue weighted by Gasteiger charge is -2.01. The van der Waals surface area contributed by atoms with Crippen molar-refractivity contribution >= 4 is 21.9 Å². The third-order valence-electron chi connectivity index (χ3n) is 1.23. The van der Waals surface area contributed by atoms with Crippen molar-refractivity contribution < 1.29 is 9.53 Å². The molecule has 1 aromatic rings. The van der Waals surface area contributed by atoms with Gasteiger partial charge in [-0.2, -0.15) is 0 Å². The average Bonchev–Trinajstić information content (AvgIpc) is 2.05. The molecule has 1 aromatic heterocycles. The van der Waals surface area contributed by atoms with Gasteiger partial charge < -0.3 is 4.74 Å². The van der Waals surface area contributed by atoms with Crippen molar-refractivity contribution in [2.24, 2.45) is 0 Å². The van der Waals surface area contributed by atoms with Crippen LogP contribution in [0.4, 0.5) is 0 Å². The molecule has 0 fully saturated rings. The molecule has 3 nitrogen and oxygen atoms in total. The van der Waals surface area contributed by atoms with Gasteiger partial charge in [0.05, 0.1) is 11.1 Å². The number of rotatable bonds is 2. The highest BCUT2D eigenvalue weighted by atomic mass is 79.9. The standard InChI is InChI=1S/C8H8BrNO2/c1-2-12-8(11)7-6(9)4-3-5-10-7/h3-5H,2H2,1H3. The number of aromatic nitrogens is 1. The van der Waals surface area contributed by atoms with Crippen LogP contribution < -0.4 is 0 Å². The van der Waals surface area contributed by atoms with Crippen LogP contribution in [0.3, 0.4) is 0 Å². The van der Waals surface area contributed by atoms with Gasteiger partial charge in [-0.1, -0.05) is 0 Å². The van der Waals surface area contributed by atoms with Crippen LogP contribution in [-0.2, 0) is 4.74 Å². The van der Waals surface area contributed by atoms with Crippen LogP contribution in [0.1, 0.15) is 17.4 Å². The van der Waals surface area contributed by atoms with Gasteiger partial charge in [0.1, 0.15) is 0 Å². The van der Waals surface area contributed by atoms with Crippen molar-refractivity contribution in [2.45, 2.75) is 6.92 Å². The van der Waals surface area contributed by atoms with Crippen molar-refractivity contribution in [3.63, 3.8) is 0 Å². The molecule has 0 aliphatic rings. The zero-order valence-corrected chi connectivity index (χ0v) is 8.17. The van der Waals surface area contributed by atoms with E-state index in [1.165, 1.54) is 0 Å². The number of hydrogen-bond acceptors (Lipinski definition) is 3. The molecule has 0 bridgehead atoms. The van der Waals surface area contributed by atoms with Crippen molar-refractivity contribution in [3.05, 3.63) is 28.5 Å². The van der Waals surface area contributed by atoms with Crippen LogP contribution in [0.25, 0.3) is 0 Å². The predicted molar refractivity (Wildman–Crippen MR) is 47.9 cm³/mol. The Labute approximate surface area is 78.9 Å². The van der Waals surface area contributed by atoms with Crippen molar-refractivity contribution in [1.29, 1.82) is 0 Å². The maximum atomic E-state index is 11.2. The second-order valence-corrected chi connectivity index (χ2v) is 2.91. The van der Waals surface area contributed by atoms with E-state index in [0.717, 1.165) is 0 Å². The highest BCUT2D eigenvalue weighted by molar-refractivity contribution is 9.10. The van der Waals surface area contributed by atoms with Gasteiger partial charge in [0.25, 0.3) is 0 Å². The summed E-state index contributed by atoms with van der Waals surface area (Å²) in [4.78, 5) is 15.0. The van der Waals surface area contributed by atoms with E-state index in [1.54, 1.807) is 25.3 Å². The Balaban J connectivity index is 2.87. The zero-order valence-electron chi connectivity index (χ0n) is 6.58. The molecular formula is C8H8BrNO2. The monoisotopic (exact) mass is 229 g/mol. The lowest BCUT2D eigenvalue weighted by atomic mass is 10.3. The number of carbonyl (C=O) groups excluding carboxylic acids is 1. The number of halogens is 1. The topological polar surface area (TPSA) is 39.2 Å². The minimum absolute atomic E-state index is 0.319. The minimum atomic E-state index is -0.398. The summed E-state index contributed by atoms with van der Waals surface area (Å²) < 4.78 is 5.43. The Bertz CT molecular complexity index is 288. The molecule has 0 atom stereocenters. The molecule has 64 valence electrons. The minimum Gasteiger partial charge on any atom is -0.461 e. The lowest BCUT2D eigenvalue weighted by Crippen LogP contribution is -2.07. The average molecular weight is 230 g/mol. The summed E-state index contributed by atoms with van der Waals surface area (Å²) >= 11 is 3.20. The molecule has 0 aliphatic carbocycles. The Morgan fingerprint density at radius 2 is 2.50 bits per heavy atom. The first-order valence-corrected chi connectivity index (χ1v) is 4.32. The van der Waals surface area contributed by atoms with E-state index in [0.29, 0.717) is 16.8 Å². The molecule has 0 unspecified atom stereocenters. The largest absolute Gasteiger partial charge is 0.461 e. The Morgan fingerprint density at radius 3 is 3.08 bits per heavy atom. The third kappa shape index (κ3) is 2.04. The summed E-state index contributed by atoms with van der Waals surface area (Å²) in [6, 6.07) is 3.49. The summed E-state index contributed by atoms with van der Waals surface area (Å²) in [6.45, 7) is 2.12. The van der Waals surface area contributed by atoms with E-state index >= 15 is 0 Å². The number of carbonyl (C=O) groups is 1. The lowest BCUT2D eigenvalue weighted by molar-refractivity contribution is 0.0518. The second kappa shape index (κ2) is 4.21. The maximum Gasteiger partial charge on any atom is 0.358 e. The highest BCUT2D eigenvalue weighted by Gasteiger charge is 2.10. The third-order valence-corrected chi connectivity index (χ3v) is 1.87. The predicted octanol–water partition coefficient (Wildman–Crippen LogP) is 2.02. The van der Waals surface area contributed by atoms with Gasteiger partial charge >= 0.3 is 5.97 Å². The van der Waals surface area contributed by atoms with Gasteiger partial charge in [0.2, 0.25) is 0 Å². The fraction of sp³-hybridized carbons (Fsp3) is 0.250. The SMILES string of the molecule is CCOC(=O)c1ncccc1Br. The summed E-state index contributed by atoms with van der Waals surface area (Å²) in [5.74, 6) is -0.398. The molecule has 0 amide bonds. The molecule has 4 heteroatoms. The number of esters is 1. The van der Waals surface area contributed by atoms with Gasteiger partial charge in [0.15, 0.2) is 5.69 Å². The zero-order chi connectivity index (χ0) is 8.97. The van der Waals surface area contributed by atoms with E-state index in [9.17, 15) is 4.79 Å². The van der Waals surface area contributed by atoms with Gasteiger partial charge in [-0.05, 0) is 35.0 Å². The van der Waals surface area contributed by atoms with Gasteiger partial charge in [-0.15, -0.1) is 0 Å². The molecule has 1 rings (SSSR count). The van der Waals surface area contributed by atoms with Gasteiger partial charge in [-0.3, -0.25) is 0 Å². The fourth-order valence-electron chi connectivity index (χ4n) is 0.735. The summed E-state index contributed by atoms with van der Waals surface area (Å²) in [7, 11) is 0. The summed E-state index contributed by atoms with van der Waals surface area (Å²) in [6.07, 6.45) is 1.55. The Kier molecular flexibility index (Phi) is 3.22. The van der Waals surface area contributed by atoms with Crippen molar-refractivity contribution in [1.82, 2.24) is 4.98 Å². The first kappa shape index (κ1) is 9.19. The highest BCUT2D eigenvalue weighted by Crippen LogP contribution is 2.13. The van der Waals surface area contributed by atoms with Crippen molar-refractivity contribution in [3.8, 4) is 0 Å². The molecule has 0 radical (unpaired) electrons. The molecule has 0 N–H and O–H groups in total. The molecular weight excluding hydrogens is 222 g/mol. The van der Waals surface area contributed by atoms with E-state index in [1.807, 2.05) is 0 Å². The second-order valence-electron chi connectivity index (χ2n) is 2.05. The van der Waals surface area contributed by atoms with Gasteiger partial charge in [0, 0.05) is 6.20 Å². The van der Waals surface area contributed by atoms with Gasteiger partial charge in [-0.25, -0.2) is 9.78 Å². The number of nitrogens with zero attached hydrogens (tertiary/aromatic N) is 1. The van der Waals surface area contributed by atoms with E-state index < -0.39 is 5.97 Å². The van der Waals surface area contributed by atoms with Crippen LogP contribution in [0.5, 0.6) is 0 Å². The summed E-state index contributed by atoms with van der Waals surface area (Å²) in [5, 5.41) is 0. The summed E-state index contributed by atoms with van der Waals surface area (Å²) in [5.41, 5.74) is 0.319. The normalized spacial score (nSPS) is 9.50. The van der Waals surface area contributed by atoms with Crippen molar-refractivity contribution in [2.75, 3.05) is 6.61 Å². The first-order valence-electron chi connectivity index (χ1n) is 3.53. The van der Waals surface area contributed by atoms with Crippen LogP contribution >= 0.6 is 15.9 Å². The quantitative estimate of drug-likeness (QED) is 0.729. The van der Waals surface area contributed by atoms with Crippen LogP contribution in [0.2, 0.25) is 0 Å². The first-order chi connectivity index (χ1) is 5.75. The Hall–Kier alpha value is -0.900. The molecule has 0 aliphatic heterocycles. The van der Waals surface area contributed by atoms with Crippen LogP contribution in [-0.4, -0.2) is 17.6 Å². The molecule has 0 spiro atoms. The van der Waals surface area contributed by atoms with Crippen LogP contribution in [0, 0.1) is 0 Å². The van der Waals surface area contributed by atoms with E-state index in [-0.39, 0.29) is 0 Å². The van der Waals surface area contributed by atoms with E-state index in [2.05, 4.69) is 20.9 Å². The van der Waals surface area contributed by atoms with Crippen LogP contribution in [0.15, 0.2) is 22.8 Å². The smallest absolute Gasteiger partial charge is 0.358 e. The molecule has 1 heterocycles. The number of hydrogen-bond donors (Lipinski definition) is 0. The maximum absolute atomic E-state index is 11.2. The molecule has 0 aromatic carbocycles.